The summed E-state index contributed by atoms with van der Waals surface area (Å²) in [7, 11) is 0. The first kappa shape index (κ1) is 13.8. The molecular formula is C12H21NO4. The number of rotatable bonds is 4. The lowest BCUT2D eigenvalue weighted by Crippen LogP contribution is -2.53. The molecule has 0 radical (unpaired) electrons. The van der Waals surface area contributed by atoms with Crippen LogP contribution >= 0.6 is 0 Å². The highest BCUT2D eigenvalue weighted by Crippen LogP contribution is 2.33. The summed E-state index contributed by atoms with van der Waals surface area (Å²) in [6.07, 6.45) is 1.14. The van der Waals surface area contributed by atoms with Gasteiger partial charge in [-0.25, -0.2) is 9.59 Å². The van der Waals surface area contributed by atoms with Gasteiger partial charge in [0, 0.05) is 6.54 Å². The molecule has 1 fully saturated rings. The molecule has 1 saturated heterocycles. The first-order valence-electron chi connectivity index (χ1n) is 6.12. The summed E-state index contributed by atoms with van der Waals surface area (Å²) in [5.74, 6) is -0.679. The average molecular weight is 243 g/mol. The normalized spacial score (nSPS) is 24.1. The van der Waals surface area contributed by atoms with Crippen LogP contribution in [-0.4, -0.2) is 40.8 Å². The number of carboxylic acid groups (broad SMARTS) is 1. The van der Waals surface area contributed by atoms with Crippen molar-refractivity contribution in [1.82, 2.24) is 4.90 Å². The molecule has 1 aliphatic rings. The molecule has 1 N–H and O–H groups in total. The van der Waals surface area contributed by atoms with E-state index < -0.39 is 17.6 Å². The van der Waals surface area contributed by atoms with E-state index in [4.69, 9.17) is 4.74 Å². The molecule has 1 rings (SSSR count). The number of amides is 1. The third kappa shape index (κ3) is 2.70. The Morgan fingerprint density at radius 2 is 2.12 bits per heavy atom. The van der Waals surface area contributed by atoms with Crippen molar-refractivity contribution < 1.29 is 19.4 Å². The highest BCUT2D eigenvalue weighted by Gasteiger charge is 2.49. The van der Waals surface area contributed by atoms with Crippen LogP contribution in [0.5, 0.6) is 0 Å². The molecule has 0 spiro atoms. The van der Waals surface area contributed by atoms with Crippen LogP contribution in [-0.2, 0) is 9.53 Å². The minimum Gasteiger partial charge on any atom is -0.479 e. The van der Waals surface area contributed by atoms with Crippen LogP contribution in [0.2, 0.25) is 0 Å². The second kappa shape index (κ2) is 5.38. The van der Waals surface area contributed by atoms with E-state index in [9.17, 15) is 14.7 Å². The van der Waals surface area contributed by atoms with Crippen molar-refractivity contribution in [2.75, 3.05) is 13.2 Å². The fourth-order valence-corrected chi connectivity index (χ4v) is 2.20. The minimum absolute atomic E-state index is 0.252. The topological polar surface area (TPSA) is 66.8 Å². The molecule has 1 unspecified atom stereocenters. The van der Waals surface area contributed by atoms with Gasteiger partial charge in [-0.15, -0.1) is 0 Å². The monoisotopic (exact) mass is 243 g/mol. The van der Waals surface area contributed by atoms with E-state index >= 15 is 0 Å². The second-order valence-corrected chi connectivity index (χ2v) is 4.92. The summed E-state index contributed by atoms with van der Waals surface area (Å²) in [5.41, 5.74) is -1.06. The lowest BCUT2D eigenvalue weighted by molar-refractivity contribution is -0.149. The first-order valence-corrected chi connectivity index (χ1v) is 6.12. The van der Waals surface area contributed by atoms with Gasteiger partial charge in [0.2, 0.25) is 0 Å². The third-order valence-corrected chi connectivity index (χ3v) is 3.23. The Morgan fingerprint density at radius 3 is 2.59 bits per heavy atom. The standard InChI is InChI=1S/C12H21NO4/c1-4-12(10(14)15)6-5-7-13(12)11(16)17-8-9(2)3/h9H,4-8H2,1-3H3,(H,14,15). The molecule has 0 aliphatic carbocycles. The lowest BCUT2D eigenvalue weighted by atomic mass is 9.93. The number of hydrogen-bond acceptors (Lipinski definition) is 3. The van der Waals surface area contributed by atoms with E-state index in [0.717, 1.165) is 6.42 Å². The van der Waals surface area contributed by atoms with Crippen LogP contribution in [0.25, 0.3) is 0 Å². The van der Waals surface area contributed by atoms with Gasteiger partial charge < -0.3 is 9.84 Å². The van der Waals surface area contributed by atoms with E-state index in [1.165, 1.54) is 4.90 Å². The van der Waals surface area contributed by atoms with Crippen molar-refractivity contribution >= 4 is 12.1 Å². The van der Waals surface area contributed by atoms with E-state index in [0.29, 0.717) is 26.0 Å². The summed E-state index contributed by atoms with van der Waals surface area (Å²) in [6.45, 7) is 6.48. The molecule has 1 atom stereocenters. The number of likely N-dealkylation sites (tertiary alicyclic amines) is 1. The number of ether oxygens (including phenoxy) is 1. The summed E-state index contributed by atoms with van der Waals surface area (Å²) < 4.78 is 5.12. The molecule has 1 heterocycles. The average Bonchev–Trinajstić information content (AvgIpc) is 2.70. The quantitative estimate of drug-likeness (QED) is 0.821. The van der Waals surface area contributed by atoms with Crippen molar-refractivity contribution in [3.05, 3.63) is 0 Å². The number of nitrogens with zero attached hydrogens (tertiary/aromatic N) is 1. The van der Waals surface area contributed by atoms with E-state index in [1.54, 1.807) is 6.92 Å². The van der Waals surface area contributed by atoms with Crippen LogP contribution < -0.4 is 0 Å². The summed E-state index contributed by atoms with van der Waals surface area (Å²) in [4.78, 5) is 24.6. The van der Waals surface area contributed by atoms with Crippen LogP contribution in [0.3, 0.4) is 0 Å². The summed E-state index contributed by atoms with van der Waals surface area (Å²) >= 11 is 0. The summed E-state index contributed by atoms with van der Waals surface area (Å²) in [5, 5.41) is 9.31. The lowest BCUT2D eigenvalue weighted by Gasteiger charge is -2.33. The van der Waals surface area contributed by atoms with E-state index in [-0.39, 0.29) is 5.92 Å². The van der Waals surface area contributed by atoms with Gasteiger partial charge in [-0.1, -0.05) is 20.8 Å². The van der Waals surface area contributed by atoms with Gasteiger partial charge in [0.1, 0.15) is 5.54 Å². The predicted octanol–water partition coefficient (Wildman–Crippen LogP) is 2.11. The Kier molecular flexibility index (Phi) is 4.37. The molecule has 1 aliphatic heterocycles. The predicted molar refractivity (Wildman–Crippen MR) is 62.8 cm³/mol. The molecule has 0 aromatic carbocycles. The Bertz CT molecular complexity index is 303. The first-order chi connectivity index (χ1) is 7.94. The number of carboxylic acids is 1. The SMILES string of the molecule is CCC1(C(=O)O)CCCN1C(=O)OCC(C)C. The number of aliphatic carboxylic acids is 1. The van der Waals surface area contributed by atoms with Gasteiger partial charge in [0.25, 0.3) is 0 Å². The molecule has 5 heteroatoms. The third-order valence-electron chi connectivity index (χ3n) is 3.23. The molecule has 1 amide bonds. The van der Waals surface area contributed by atoms with Gasteiger partial charge in [0.05, 0.1) is 6.61 Å². The molecule has 0 saturated carbocycles. The van der Waals surface area contributed by atoms with Crippen molar-refractivity contribution in [3.63, 3.8) is 0 Å². The zero-order valence-corrected chi connectivity index (χ0v) is 10.7. The number of carbonyl (C=O) groups excluding carboxylic acids is 1. The van der Waals surface area contributed by atoms with Gasteiger partial charge in [-0.05, 0) is 25.2 Å². The van der Waals surface area contributed by atoms with Crippen LogP contribution in [0.1, 0.15) is 40.0 Å². The summed E-state index contributed by atoms with van der Waals surface area (Å²) in [6, 6.07) is 0. The van der Waals surface area contributed by atoms with Crippen molar-refractivity contribution in [2.24, 2.45) is 5.92 Å². The van der Waals surface area contributed by atoms with Crippen molar-refractivity contribution in [1.29, 1.82) is 0 Å². The maximum absolute atomic E-state index is 11.9. The van der Waals surface area contributed by atoms with Crippen LogP contribution in [0.15, 0.2) is 0 Å². The number of hydrogen-bond donors (Lipinski definition) is 1. The number of carbonyl (C=O) groups is 2. The highest BCUT2D eigenvalue weighted by molar-refractivity contribution is 5.85. The largest absolute Gasteiger partial charge is 0.479 e. The molecule has 0 aromatic rings. The molecule has 98 valence electrons. The Labute approximate surface area is 102 Å². The Morgan fingerprint density at radius 1 is 1.47 bits per heavy atom. The molecule has 0 bridgehead atoms. The molecule has 5 nitrogen and oxygen atoms in total. The maximum Gasteiger partial charge on any atom is 0.410 e. The highest BCUT2D eigenvalue weighted by atomic mass is 16.6. The van der Waals surface area contributed by atoms with Gasteiger partial charge in [-0.3, -0.25) is 4.90 Å². The Balaban J connectivity index is 2.74. The molecule has 17 heavy (non-hydrogen) atoms. The molecule has 0 aromatic heterocycles. The van der Waals surface area contributed by atoms with Gasteiger partial charge >= 0.3 is 12.1 Å². The smallest absolute Gasteiger partial charge is 0.410 e. The zero-order valence-electron chi connectivity index (χ0n) is 10.7. The molecular weight excluding hydrogens is 222 g/mol. The van der Waals surface area contributed by atoms with E-state index in [1.807, 2.05) is 13.8 Å². The Hall–Kier alpha value is -1.26. The fourth-order valence-electron chi connectivity index (χ4n) is 2.20. The zero-order chi connectivity index (χ0) is 13.1. The van der Waals surface area contributed by atoms with Crippen LogP contribution in [0, 0.1) is 5.92 Å². The van der Waals surface area contributed by atoms with E-state index in [2.05, 4.69) is 0 Å². The van der Waals surface area contributed by atoms with Gasteiger partial charge in [-0.2, -0.15) is 0 Å². The van der Waals surface area contributed by atoms with Gasteiger partial charge in [0.15, 0.2) is 0 Å². The fraction of sp³-hybridized carbons (Fsp3) is 0.833. The maximum atomic E-state index is 11.9. The second-order valence-electron chi connectivity index (χ2n) is 4.92. The van der Waals surface area contributed by atoms with Crippen molar-refractivity contribution in [3.8, 4) is 0 Å². The van der Waals surface area contributed by atoms with Crippen molar-refractivity contribution in [2.45, 2.75) is 45.6 Å². The van der Waals surface area contributed by atoms with Crippen LogP contribution in [0.4, 0.5) is 4.79 Å². The minimum atomic E-state index is -1.06.